The molecule has 0 bridgehead atoms. The van der Waals surface area contributed by atoms with E-state index in [2.05, 4.69) is 15.6 Å². The molecule has 0 saturated carbocycles. The summed E-state index contributed by atoms with van der Waals surface area (Å²) in [7, 11) is 0. The zero-order valence-electron chi connectivity index (χ0n) is 13.7. The zero-order valence-corrected chi connectivity index (χ0v) is 14.5. The minimum Gasteiger partial charge on any atom is -0.481 e. The lowest BCUT2D eigenvalue weighted by atomic mass is 10.0. The molecule has 128 valence electrons. The highest BCUT2D eigenvalue weighted by Crippen LogP contribution is 2.21. The summed E-state index contributed by atoms with van der Waals surface area (Å²) >= 11 is 1.41. The van der Waals surface area contributed by atoms with Gasteiger partial charge in [-0.15, -0.1) is 11.3 Å². The number of carboxylic acids is 1. The molecule has 6 nitrogen and oxygen atoms in total. The predicted molar refractivity (Wildman–Crippen MR) is 94.5 cm³/mol. The van der Waals surface area contributed by atoms with Gasteiger partial charge in [-0.1, -0.05) is 30.3 Å². The smallest absolute Gasteiger partial charge is 0.321 e. The van der Waals surface area contributed by atoms with Crippen molar-refractivity contribution < 1.29 is 14.7 Å². The predicted octanol–water partition coefficient (Wildman–Crippen LogP) is 3.36. The van der Waals surface area contributed by atoms with Crippen LogP contribution < -0.4 is 10.6 Å². The van der Waals surface area contributed by atoms with Crippen LogP contribution in [-0.4, -0.2) is 28.1 Å². The highest BCUT2D eigenvalue weighted by molar-refractivity contribution is 7.15. The van der Waals surface area contributed by atoms with Gasteiger partial charge in [0.25, 0.3) is 0 Å². The molecule has 0 radical (unpaired) electrons. The first-order chi connectivity index (χ1) is 11.4. The topological polar surface area (TPSA) is 91.3 Å². The fourth-order valence-electron chi connectivity index (χ4n) is 2.27. The Hall–Kier alpha value is -2.41. The van der Waals surface area contributed by atoms with Crippen molar-refractivity contribution in [2.75, 3.05) is 5.32 Å². The number of carboxylic acid groups (broad SMARTS) is 1. The molecule has 1 atom stereocenters. The first kappa shape index (κ1) is 17.9. The number of nitrogens with one attached hydrogen (secondary N) is 2. The average molecular weight is 347 g/mol. The van der Waals surface area contributed by atoms with Crippen molar-refractivity contribution in [1.82, 2.24) is 10.3 Å². The van der Waals surface area contributed by atoms with Crippen LogP contribution in [0, 0.1) is 13.8 Å². The summed E-state index contributed by atoms with van der Waals surface area (Å²) < 4.78 is 0. The van der Waals surface area contributed by atoms with Gasteiger partial charge < -0.3 is 10.4 Å². The molecule has 2 rings (SSSR count). The number of aromatic nitrogens is 1. The van der Waals surface area contributed by atoms with E-state index in [0.717, 1.165) is 16.1 Å². The van der Waals surface area contributed by atoms with Crippen LogP contribution in [0.25, 0.3) is 0 Å². The van der Waals surface area contributed by atoms with Crippen molar-refractivity contribution in [3.63, 3.8) is 0 Å². The lowest BCUT2D eigenvalue weighted by Gasteiger charge is -2.18. The molecule has 2 aromatic rings. The number of amides is 2. The van der Waals surface area contributed by atoms with Crippen LogP contribution in [-0.2, 0) is 11.2 Å². The van der Waals surface area contributed by atoms with E-state index in [1.165, 1.54) is 11.3 Å². The van der Waals surface area contributed by atoms with Gasteiger partial charge >= 0.3 is 12.0 Å². The van der Waals surface area contributed by atoms with E-state index >= 15 is 0 Å². The zero-order chi connectivity index (χ0) is 17.5. The third-order valence-corrected chi connectivity index (χ3v) is 4.60. The second kappa shape index (κ2) is 8.44. The summed E-state index contributed by atoms with van der Waals surface area (Å²) in [5.41, 5.74) is 1.94. The van der Waals surface area contributed by atoms with Gasteiger partial charge in [-0.25, -0.2) is 9.78 Å². The summed E-state index contributed by atoms with van der Waals surface area (Å²) in [5.74, 6) is -0.874. The summed E-state index contributed by atoms with van der Waals surface area (Å²) in [4.78, 5) is 28.3. The molecule has 1 unspecified atom stereocenters. The maximum atomic E-state index is 12.2. The number of aryl methyl sites for hydroxylation is 2. The number of carbonyl (C=O) groups is 2. The number of thiazole rings is 1. The van der Waals surface area contributed by atoms with E-state index in [4.69, 9.17) is 5.11 Å². The number of hydrogen-bond acceptors (Lipinski definition) is 4. The molecule has 1 heterocycles. The first-order valence-electron chi connectivity index (χ1n) is 7.71. The molecule has 3 N–H and O–H groups in total. The number of rotatable bonds is 7. The van der Waals surface area contributed by atoms with Gasteiger partial charge in [0, 0.05) is 17.3 Å². The van der Waals surface area contributed by atoms with Gasteiger partial charge in [-0.05, 0) is 32.3 Å². The Bertz CT molecular complexity index is 681. The van der Waals surface area contributed by atoms with Crippen molar-refractivity contribution in [2.24, 2.45) is 0 Å². The normalized spacial score (nSPS) is 11.8. The van der Waals surface area contributed by atoms with Crippen molar-refractivity contribution in [1.29, 1.82) is 0 Å². The highest BCUT2D eigenvalue weighted by Gasteiger charge is 2.16. The quantitative estimate of drug-likeness (QED) is 0.716. The molecule has 0 fully saturated rings. The highest BCUT2D eigenvalue weighted by atomic mass is 32.1. The van der Waals surface area contributed by atoms with E-state index in [9.17, 15) is 9.59 Å². The number of nitrogens with zero attached hydrogens (tertiary/aromatic N) is 1. The van der Waals surface area contributed by atoms with Crippen molar-refractivity contribution in [2.45, 2.75) is 39.2 Å². The summed E-state index contributed by atoms with van der Waals surface area (Å²) in [5, 5.41) is 15.0. The Kier molecular flexibility index (Phi) is 6.31. The first-order valence-corrected chi connectivity index (χ1v) is 8.53. The van der Waals surface area contributed by atoms with Gasteiger partial charge in [0.1, 0.15) is 0 Å². The molecule has 7 heteroatoms. The van der Waals surface area contributed by atoms with Crippen LogP contribution in [0.5, 0.6) is 0 Å². The minimum absolute atomic E-state index is 0.00719. The van der Waals surface area contributed by atoms with Gasteiger partial charge in [-0.3, -0.25) is 10.1 Å². The minimum atomic E-state index is -0.874. The van der Waals surface area contributed by atoms with E-state index in [-0.39, 0.29) is 18.5 Å². The second-order valence-electron chi connectivity index (χ2n) is 5.58. The molecule has 0 aliphatic heterocycles. The molecule has 24 heavy (non-hydrogen) atoms. The third-order valence-electron chi connectivity index (χ3n) is 3.62. The Morgan fingerprint density at radius 2 is 1.96 bits per heavy atom. The Balaban J connectivity index is 1.97. The molecule has 0 spiro atoms. The molecule has 0 aliphatic carbocycles. The number of urea groups is 1. The molecule has 2 amide bonds. The lowest BCUT2D eigenvalue weighted by Crippen LogP contribution is -2.39. The Morgan fingerprint density at radius 1 is 1.25 bits per heavy atom. The number of aliphatic carboxylic acids is 1. The number of benzene rings is 1. The van der Waals surface area contributed by atoms with Crippen LogP contribution in [0.15, 0.2) is 30.3 Å². The SMILES string of the molecule is Cc1nc(NC(=O)NC(CCC(=O)O)Cc2ccccc2)sc1C. The molecular weight excluding hydrogens is 326 g/mol. The van der Waals surface area contributed by atoms with Crippen molar-refractivity contribution in [3.8, 4) is 0 Å². The van der Waals surface area contributed by atoms with Crippen LogP contribution in [0.1, 0.15) is 29.0 Å². The van der Waals surface area contributed by atoms with Gasteiger partial charge in [0.2, 0.25) is 0 Å². The number of hydrogen-bond donors (Lipinski definition) is 3. The number of carbonyl (C=O) groups excluding carboxylic acids is 1. The Labute approximate surface area is 144 Å². The van der Waals surface area contributed by atoms with Crippen LogP contribution in [0.4, 0.5) is 9.93 Å². The fraction of sp³-hybridized carbons (Fsp3) is 0.353. The van der Waals surface area contributed by atoms with Gasteiger partial charge in [0.05, 0.1) is 5.69 Å². The monoisotopic (exact) mass is 347 g/mol. The Morgan fingerprint density at radius 3 is 2.54 bits per heavy atom. The molecule has 0 saturated heterocycles. The standard InChI is InChI=1S/C17H21N3O3S/c1-11-12(2)24-17(18-11)20-16(23)19-14(8-9-15(21)22)10-13-6-4-3-5-7-13/h3-7,14H,8-10H2,1-2H3,(H,21,22)(H2,18,19,20,23). The largest absolute Gasteiger partial charge is 0.481 e. The maximum Gasteiger partial charge on any atom is 0.321 e. The van der Waals surface area contributed by atoms with Crippen LogP contribution in [0.3, 0.4) is 0 Å². The van der Waals surface area contributed by atoms with Crippen molar-refractivity contribution >= 4 is 28.5 Å². The molecule has 1 aromatic heterocycles. The molecule has 1 aromatic carbocycles. The summed E-state index contributed by atoms with van der Waals surface area (Å²) in [6.45, 7) is 3.83. The maximum absolute atomic E-state index is 12.2. The van der Waals surface area contributed by atoms with Gasteiger partial charge in [0.15, 0.2) is 5.13 Å². The summed E-state index contributed by atoms with van der Waals surface area (Å²) in [6.07, 6.45) is 0.957. The van der Waals surface area contributed by atoms with E-state index < -0.39 is 5.97 Å². The number of anilines is 1. The molecular formula is C17H21N3O3S. The third kappa shape index (κ3) is 5.66. The molecule has 0 aliphatic rings. The van der Waals surface area contributed by atoms with E-state index in [1.54, 1.807) is 0 Å². The second-order valence-corrected chi connectivity index (χ2v) is 6.78. The average Bonchev–Trinajstić information content (AvgIpc) is 2.83. The van der Waals surface area contributed by atoms with Crippen LogP contribution in [0.2, 0.25) is 0 Å². The van der Waals surface area contributed by atoms with E-state index in [1.807, 2.05) is 44.2 Å². The van der Waals surface area contributed by atoms with Crippen molar-refractivity contribution in [3.05, 3.63) is 46.5 Å². The fourth-order valence-corrected chi connectivity index (χ4v) is 3.08. The summed E-state index contributed by atoms with van der Waals surface area (Å²) in [6, 6.07) is 9.06. The van der Waals surface area contributed by atoms with Gasteiger partial charge in [-0.2, -0.15) is 0 Å². The van der Waals surface area contributed by atoms with E-state index in [0.29, 0.717) is 18.0 Å². The van der Waals surface area contributed by atoms with Crippen LogP contribution >= 0.6 is 11.3 Å². The lowest BCUT2D eigenvalue weighted by molar-refractivity contribution is -0.137.